The van der Waals surface area contributed by atoms with Gasteiger partial charge in [-0.2, -0.15) is 0 Å². The maximum absolute atomic E-state index is 5.70. The first-order chi connectivity index (χ1) is 6.80. The predicted octanol–water partition coefficient (Wildman–Crippen LogP) is 2.46. The van der Waals surface area contributed by atoms with E-state index in [1.807, 2.05) is 19.0 Å². The second-order valence-corrected chi connectivity index (χ2v) is 4.56. The summed E-state index contributed by atoms with van der Waals surface area (Å²) in [6, 6.07) is 0. The van der Waals surface area contributed by atoms with Gasteiger partial charge in [-0.25, -0.2) is 0 Å². The van der Waals surface area contributed by atoms with Gasteiger partial charge in [-0.1, -0.05) is 12.1 Å². The van der Waals surface area contributed by atoms with Crippen LogP contribution in [0.1, 0.15) is 34.6 Å². The average molecular weight is 214 g/mol. The van der Waals surface area contributed by atoms with Crippen molar-refractivity contribution in [1.29, 1.82) is 0 Å². The lowest BCUT2D eigenvalue weighted by Crippen LogP contribution is -2.41. The van der Waals surface area contributed by atoms with Crippen molar-refractivity contribution in [1.82, 2.24) is 0 Å². The SMILES string of the molecule is C/C=C/B1OC(C)(C)C(C)(C)O1.COC. The van der Waals surface area contributed by atoms with Crippen LogP contribution < -0.4 is 0 Å². The first-order valence-corrected chi connectivity index (χ1v) is 5.19. The molecule has 1 saturated heterocycles. The van der Waals surface area contributed by atoms with E-state index in [9.17, 15) is 0 Å². The molecule has 0 aromatic rings. The van der Waals surface area contributed by atoms with E-state index in [0.29, 0.717) is 0 Å². The van der Waals surface area contributed by atoms with E-state index in [2.05, 4.69) is 32.4 Å². The van der Waals surface area contributed by atoms with Gasteiger partial charge in [0.15, 0.2) is 0 Å². The lowest BCUT2D eigenvalue weighted by atomic mass is 9.90. The molecule has 0 amide bonds. The smallest absolute Gasteiger partial charge is 0.400 e. The number of hydrogen-bond donors (Lipinski definition) is 0. The summed E-state index contributed by atoms with van der Waals surface area (Å²) in [5.41, 5.74) is -0.422. The number of hydrogen-bond acceptors (Lipinski definition) is 3. The Hall–Kier alpha value is -0.315. The molecule has 1 aliphatic heterocycles. The van der Waals surface area contributed by atoms with Crippen molar-refractivity contribution in [3.8, 4) is 0 Å². The van der Waals surface area contributed by atoms with Crippen LogP contribution in [0.4, 0.5) is 0 Å². The summed E-state index contributed by atoms with van der Waals surface area (Å²) in [5.74, 6) is 1.93. The van der Waals surface area contributed by atoms with Gasteiger partial charge in [0.2, 0.25) is 0 Å². The van der Waals surface area contributed by atoms with Gasteiger partial charge in [-0.15, -0.1) is 0 Å². The maximum atomic E-state index is 5.70. The minimum atomic E-state index is -0.211. The quantitative estimate of drug-likeness (QED) is 0.627. The molecular formula is C11H23BO3. The molecule has 0 radical (unpaired) electrons. The Labute approximate surface area is 93.9 Å². The Kier molecular flexibility index (Phi) is 5.56. The predicted molar refractivity (Wildman–Crippen MR) is 63.8 cm³/mol. The molecule has 0 atom stereocenters. The van der Waals surface area contributed by atoms with Gasteiger partial charge in [0.25, 0.3) is 0 Å². The molecule has 0 saturated carbocycles. The molecule has 15 heavy (non-hydrogen) atoms. The van der Waals surface area contributed by atoms with Crippen molar-refractivity contribution < 1.29 is 14.0 Å². The highest BCUT2D eigenvalue weighted by molar-refractivity contribution is 6.51. The second-order valence-electron chi connectivity index (χ2n) is 4.56. The first-order valence-electron chi connectivity index (χ1n) is 5.19. The normalized spacial score (nSPS) is 22.7. The highest BCUT2D eigenvalue weighted by Gasteiger charge is 2.49. The zero-order valence-electron chi connectivity index (χ0n) is 11.0. The van der Waals surface area contributed by atoms with Gasteiger partial charge in [-0.05, 0) is 34.6 Å². The van der Waals surface area contributed by atoms with Gasteiger partial charge < -0.3 is 14.0 Å². The van der Waals surface area contributed by atoms with Crippen molar-refractivity contribution in [2.75, 3.05) is 14.2 Å². The van der Waals surface area contributed by atoms with Gasteiger partial charge in [0, 0.05) is 14.2 Å². The average Bonchev–Trinajstić information content (AvgIpc) is 2.22. The summed E-state index contributed by atoms with van der Waals surface area (Å²) in [5, 5.41) is 0. The van der Waals surface area contributed by atoms with E-state index in [4.69, 9.17) is 9.31 Å². The topological polar surface area (TPSA) is 27.7 Å². The zero-order valence-corrected chi connectivity index (χ0v) is 11.0. The van der Waals surface area contributed by atoms with Crippen LogP contribution in [0.3, 0.4) is 0 Å². The maximum Gasteiger partial charge on any atom is 0.486 e. The number of allylic oxidation sites excluding steroid dienone is 1. The Morgan fingerprint density at radius 1 is 1.00 bits per heavy atom. The van der Waals surface area contributed by atoms with Crippen LogP contribution in [0.2, 0.25) is 0 Å². The van der Waals surface area contributed by atoms with E-state index in [-0.39, 0.29) is 18.3 Å². The third-order valence-corrected chi connectivity index (χ3v) is 2.62. The van der Waals surface area contributed by atoms with Gasteiger partial charge in [-0.3, -0.25) is 0 Å². The molecule has 1 rings (SSSR count). The van der Waals surface area contributed by atoms with E-state index in [0.717, 1.165) is 0 Å². The van der Waals surface area contributed by atoms with E-state index >= 15 is 0 Å². The van der Waals surface area contributed by atoms with Gasteiger partial charge >= 0.3 is 7.12 Å². The standard InChI is InChI=1S/C9H17BO2.C2H6O/c1-6-7-10-11-8(2,3)9(4,5)12-10;1-3-2/h6-7H,1-5H3;1-2H3/b7-6+;. The summed E-state index contributed by atoms with van der Waals surface area (Å²) in [4.78, 5) is 0. The summed E-state index contributed by atoms with van der Waals surface area (Å²) in [7, 11) is 3.07. The van der Waals surface area contributed by atoms with E-state index in [1.54, 1.807) is 14.2 Å². The van der Waals surface area contributed by atoms with Crippen LogP contribution in [0.25, 0.3) is 0 Å². The summed E-state index contributed by atoms with van der Waals surface area (Å²) >= 11 is 0. The van der Waals surface area contributed by atoms with Crippen LogP contribution in [0, 0.1) is 0 Å². The fourth-order valence-corrected chi connectivity index (χ4v) is 1.12. The Morgan fingerprint density at radius 3 is 1.60 bits per heavy atom. The molecule has 88 valence electrons. The van der Waals surface area contributed by atoms with Crippen LogP contribution in [-0.2, 0) is 14.0 Å². The third-order valence-electron chi connectivity index (χ3n) is 2.62. The summed E-state index contributed by atoms with van der Waals surface area (Å²) in [6.45, 7) is 10.2. The molecule has 0 N–H and O–H groups in total. The fourth-order valence-electron chi connectivity index (χ4n) is 1.12. The highest BCUT2D eigenvalue weighted by atomic mass is 16.7. The van der Waals surface area contributed by atoms with Crippen molar-refractivity contribution in [2.45, 2.75) is 45.8 Å². The molecule has 3 nitrogen and oxygen atoms in total. The summed E-state index contributed by atoms with van der Waals surface area (Å²) in [6.07, 6.45) is 1.95. The minimum Gasteiger partial charge on any atom is -0.400 e. The molecule has 4 heteroatoms. The second kappa shape index (κ2) is 5.68. The Bertz CT molecular complexity index is 196. The van der Waals surface area contributed by atoms with Crippen molar-refractivity contribution in [2.24, 2.45) is 0 Å². The molecule has 0 spiro atoms. The Morgan fingerprint density at radius 2 is 1.33 bits per heavy atom. The fraction of sp³-hybridized carbons (Fsp3) is 0.818. The van der Waals surface area contributed by atoms with Crippen LogP contribution in [0.15, 0.2) is 12.1 Å². The lowest BCUT2D eigenvalue weighted by molar-refractivity contribution is 0.00578. The molecule has 0 aliphatic carbocycles. The van der Waals surface area contributed by atoms with Crippen LogP contribution >= 0.6 is 0 Å². The molecule has 1 heterocycles. The molecule has 1 aliphatic rings. The number of methoxy groups -OCH3 is 1. The van der Waals surface area contributed by atoms with Crippen molar-refractivity contribution in [3.05, 3.63) is 12.1 Å². The third kappa shape index (κ3) is 3.97. The summed E-state index contributed by atoms with van der Waals surface area (Å²) < 4.78 is 15.6. The highest BCUT2D eigenvalue weighted by Crippen LogP contribution is 2.36. The number of ether oxygens (including phenoxy) is 1. The Balaban J connectivity index is 0.000000583. The van der Waals surface area contributed by atoms with E-state index < -0.39 is 0 Å². The molecule has 0 bridgehead atoms. The molecule has 0 aromatic carbocycles. The van der Waals surface area contributed by atoms with Crippen molar-refractivity contribution in [3.63, 3.8) is 0 Å². The van der Waals surface area contributed by atoms with Crippen LogP contribution in [-0.4, -0.2) is 32.5 Å². The molecule has 1 fully saturated rings. The lowest BCUT2D eigenvalue weighted by Gasteiger charge is -2.32. The minimum absolute atomic E-state index is 0.181. The zero-order chi connectivity index (χ0) is 12.1. The molecule has 0 aromatic heterocycles. The van der Waals surface area contributed by atoms with Gasteiger partial charge in [0.1, 0.15) is 0 Å². The largest absolute Gasteiger partial charge is 0.486 e. The number of rotatable bonds is 1. The van der Waals surface area contributed by atoms with Crippen molar-refractivity contribution >= 4 is 7.12 Å². The first kappa shape index (κ1) is 14.7. The molecule has 0 unspecified atom stereocenters. The van der Waals surface area contributed by atoms with Gasteiger partial charge in [0.05, 0.1) is 11.2 Å². The van der Waals surface area contributed by atoms with E-state index in [1.165, 1.54) is 0 Å². The van der Waals surface area contributed by atoms with Crippen LogP contribution in [0.5, 0.6) is 0 Å². The monoisotopic (exact) mass is 214 g/mol. The molecular weight excluding hydrogens is 191 g/mol.